The van der Waals surface area contributed by atoms with Crippen LogP contribution < -0.4 is 5.14 Å². The molecule has 22 heavy (non-hydrogen) atoms. The molecule has 0 aliphatic carbocycles. The predicted octanol–water partition coefficient (Wildman–Crippen LogP) is 1.78. The minimum Gasteiger partial charge on any atom is -0.225 e. The molecule has 0 aliphatic heterocycles. The SMILES string of the molecule is C[C@H](c1ccc(S(N)(=O)=O)cc1)N(C)S(=O)(=O)c1cccs1. The third-order valence-electron chi connectivity index (χ3n) is 3.36. The van der Waals surface area contributed by atoms with Crippen LogP contribution >= 0.6 is 11.3 Å². The van der Waals surface area contributed by atoms with E-state index in [0.717, 1.165) is 11.3 Å². The van der Waals surface area contributed by atoms with E-state index in [1.165, 1.54) is 23.5 Å². The van der Waals surface area contributed by atoms with Gasteiger partial charge in [-0.2, -0.15) is 4.31 Å². The van der Waals surface area contributed by atoms with Gasteiger partial charge in [-0.3, -0.25) is 0 Å². The van der Waals surface area contributed by atoms with Gasteiger partial charge >= 0.3 is 0 Å². The molecule has 0 aliphatic rings. The molecule has 0 spiro atoms. The summed E-state index contributed by atoms with van der Waals surface area (Å²) in [6.07, 6.45) is 0. The van der Waals surface area contributed by atoms with Gasteiger partial charge in [0.15, 0.2) is 0 Å². The van der Waals surface area contributed by atoms with Crippen LogP contribution in [0.15, 0.2) is 50.9 Å². The Morgan fingerprint density at radius 3 is 2.14 bits per heavy atom. The molecule has 2 N–H and O–H groups in total. The summed E-state index contributed by atoms with van der Waals surface area (Å²) in [6.45, 7) is 1.73. The summed E-state index contributed by atoms with van der Waals surface area (Å²) in [7, 11) is -5.84. The Morgan fingerprint density at radius 1 is 1.09 bits per heavy atom. The van der Waals surface area contributed by atoms with Crippen LogP contribution in [-0.2, 0) is 20.0 Å². The Balaban J connectivity index is 2.30. The van der Waals surface area contributed by atoms with Crippen molar-refractivity contribution in [2.75, 3.05) is 7.05 Å². The third-order valence-corrected chi connectivity index (χ3v) is 7.60. The average molecular weight is 360 g/mol. The molecule has 1 heterocycles. The van der Waals surface area contributed by atoms with Crippen molar-refractivity contribution < 1.29 is 16.8 Å². The van der Waals surface area contributed by atoms with Gasteiger partial charge in [-0.1, -0.05) is 18.2 Å². The molecular weight excluding hydrogens is 344 g/mol. The molecule has 9 heteroatoms. The maximum absolute atomic E-state index is 12.5. The zero-order chi connectivity index (χ0) is 16.5. The van der Waals surface area contributed by atoms with Crippen molar-refractivity contribution in [3.05, 3.63) is 47.3 Å². The van der Waals surface area contributed by atoms with Gasteiger partial charge in [0.2, 0.25) is 10.0 Å². The number of hydrogen-bond acceptors (Lipinski definition) is 5. The molecule has 0 amide bonds. The lowest BCUT2D eigenvalue weighted by Gasteiger charge is -2.24. The van der Waals surface area contributed by atoms with E-state index in [4.69, 9.17) is 5.14 Å². The van der Waals surface area contributed by atoms with Crippen molar-refractivity contribution in [2.45, 2.75) is 22.1 Å². The van der Waals surface area contributed by atoms with E-state index in [0.29, 0.717) is 5.56 Å². The number of benzene rings is 1. The van der Waals surface area contributed by atoms with E-state index in [1.807, 2.05) is 0 Å². The zero-order valence-corrected chi connectivity index (χ0v) is 14.5. The van der Waals surface area contributed by atoms with Crippen LogP contribution in [0.1, 0.15) is 18.5 Å². The highest BCUT2D eigenvalue weighted by atomic mass is 32.2. The lowest BCUT2D eigenvalue weighted by Crippen LogP contribution is -2.29. The smallest absolute Gasteiger partial charge is 0.225 e. The molecule has 0 unspecified atom stereocenters. The maximum atomic E-state index is 12.5. The predicted molar refractivity (Wildman–Crippen MR) is 85.5 cm³/mol. The van der Waals surface area contributed by atoms with E-state index in [-0.39, 0.29) is 9.10 Å². The average Bonchev–Trinajstić information content (AvgIpc) is 3.00. The zero-order valence-electron chi connectivity index (χ0n) is 12.0. The Morgan fingerprint density at radius 2 is 1.68 bits per heavy atom. The van der Waals surface area contributed by atoms with Crippen molar-refractivity contribution in [3.63, 3.8) is 0 Å². The summed E-state index contributed by atoms with van der Waals surface area (Å²) in [6, 6.07) is 8.64. The number of hydrogen-bond donors (Lipinski definition) is 1. The molecule has 0 saturated heterocycles. The molecule has 0 fully saturated rings. The number of sulfonamides is 2. The molecule has 1 atom stereocenters. The summed E-state index contributed by atoms with van der Waals surface area (Å²) in [5.74, 6) is 0. The number of thiophene rings is 1. The molecule has 0 radical (unpaired) electrons. The molecule has 0 bridgehead atoms. The van der Waals surface area contributed by atoms with E-state index in [9.17, 15) is 16.8 Å². The molecule has 6 nitrogen and oxygen atoms in total. The number of nitrogens with zero attached hydrogens (tertiary/aromatic N) is 1. The summed E-state index contributed by atoms with van der Waals surface area (Å²) in [4.78, 5) is -0.00721. The second-order valence-corrected chi connectivity index (χ2v) is 9.48. The van der Waals surface area contributed by atoms with Crippen molar-refractivity contribution in [3.8, 4) is 0 Å². The van der Waals surface area contributed by atoms with Crippen molar-refractivity contribution >= 4 is 31.4 Å². The van der Waals surface area contributed by atoms with Gasteiger partial charge in [-0.25, -0.2) is 22.0 Å². The summed E-state index contributed by atoms with van der Waals surface area (Å²) < 4.78 is 48.9. The minimum atomic E-state index is -3.76. The monoisotopic (exact) mass is 360 g/mol. The van der Waals surface area contributed by atoms with Crippen LogP contribution in [0.2, 0.25) is 0 Å². The van der Waals surface area contributed by atoms with Crippen molar-refractivity contribution in [2.24, 2.45) is 5.14 Å². The fourth-order valence-corrected chi connectivity index (χ4v) is 4.95. The van der Waals surface area contributed by atoms with E-state index >= 15 is 0 Å². The van der Waals surface area contributed by atoms with Gasteiger partial charge < -0.3 is 0 Å². The van der Waals surface area contributed by atoms with Crippen LogP contribution in [0.25, 0.3) is 0 Å². The lowest BCUT2D eigenvalue weighted by molar-refractivity contribution is 0.399. The van der Waals surface area contributed by atoms with Crippen molar-refractivity contribution in [1.82, 2.24) is 4.31 Å². The fraction of sp³-hybridized carbons (Fsp3) is 0.231. The first-order chi connectivity index (χ1) is 10.1. The second-order valence-electron chi connectivity index (χ2n) is 4.74. The largest absolute Gasteiger partial charge is 0.252 e. The van der Waals surface area contributed by atoms with Gasteiger partial charge in [0, 0.05) is 13.1 Å². The molecular formula is C13H16N2O4S3. The topological polar surface area (TPSA) is 97.5 Å². The van der Waals surface area contributed by atoms with Gasteiger partial charge in [0.25, 0.3) is 10.0 Å². The van der Waals surface area contributed by atoms with Crippen LogP contribution in [0.3, 0.4) is 0 Å². The van der Waals surface area contributed by atoms with Gasteiger partial charge in [0.05, 0.1) is 4.90 Å². The first kappa shape index (κ1) is 17.1. The quantitative estimate of drug-likeness (QED) is 0.879. The van der Waals surface area contributed by atoms with Gasteiger partial charge in [-0.05, 0) is 36.1 Å². The lowest BCUT2D eigenvalue weighted by atomic mass is 10.1. The van der Waals surface area contributed by atoms with Crippen LogP contribution in [0.5, 0.6) is 0 Å². The Bertz CT molecular complexity index is 841. The van der Waals surface area contributed by atoms with Crippen LogP contribution in [0, 0.1) is 0 Å². The molecule has 0 saturated carbocycles. The highest BCUT2D eigenvalue weighted by Gasteiger charge is 2.27. The molecule has 1 aromatic carbocycles. The third kappa shape index (κ3) is 3.39. The van der Waals surface area contributed by atoms with Crippen LogP contribution in [-0.4, -0.2) is 28.2 Å². The standard InChI is InChI=1S/C13H16N2O4S3/c1-10(11-5-7-12(8-6-11)21(14,16)17)15(2)22(18,19)13-4-3-9-20-13/h3-10H,1-2H3,(H2,14,16,17)/t10-/m1/s1. The van der Waals surface area contributed by atoms with E-state index in [1.54, 1.807) is 36.6 Å². The Kier molecular flexibility index (Phi) is 4.73. The summed E-state index contributed by atoms with van der Waals surface area (Å²) in [5, 5.41) is 6.74. The molecule has 1 aromatic heterocycles. The molecule has 2 aromatic rings. The second kappa shape index (κ2) is 6.09. The highest BCUT2D eigenvalue weighted by molar-refractivity contribution is 7.91. The highest BCUT2D eigenvalue weighted by Crippen LogP contribution is 2.28. The Hall–Kier alpha value is -1.26. The van der Waals surface area contributed by atoms with E-state index < -0.39 is 26.1 Å². The number of nitrogens with two attached hydrogens (primary N) is 1. The van der Waals surface area contributed by atoms with Gasteiger partial charge in [-0.15, -0.1) is 11.3 Å². The van der Waals surface area contributed by atoms with Crippen molar-refractivity contribution in [1.29, 1.82) is 0 Å². The Labute approximate surface area is 134 Å². The normalized spacial score (nSPS) is 14.2. The minimum absolute atomic E-state index is 0.00721. The first-order valence-electron chi connectivity index (χ1n) is 6.28. The molecule has 120 valence electrons. The number of rotatable bonds is 5. The summed E-state index contributed by atoms with van der Waals surface area (Å²) >= 11 is 1.15. The first-order valence-corrected chi connectivity index (χ1v) is 10.1. The van der Waals surface area contributed by atoms with Gasteiger partial charge in [0.1, 0.15) is 4.21 Å². The fourth-order valence-electron chi connectivity index (χ4n) is 1.91. The molecule has 2 rings (SSSR count). The van der Waals surface area contributed by atoms with Crippen LogP contribution in [0.4, 0.5) is 0 Å². The number of primary sulfonamides is 1. The maximum Gasteiger partial charge on any atom is 0.252 e. The van der Waals surface area contributed by atoms with E-state index in [2.05, 4.69) is 0 Å². The summed E-state index contributed by atoms with van der Waals surface area (Å²) in [5.41, 5.74) is 0.676.